The van der Waals surface area contributed by atoms with Crippen LogP contribution in [0.1, 0.15) is 12.8 Å². The van der Waals surface area contributed by atoms with Crippen LogP contribution >= 0.6 is 0 Å². The maximum Gasteiger partial charge on any atom is 0.303 e. The van der Waals surface area contributed by atoms with Crippen LogP contribution in [0.25, 0.3) is 0 Å². The quantitative estimate of drug-likeness (QED) is 0.640. The second-order valence-corrected chi connectivity index (χ2v) is 3.60. The second-order valence-electron chi connectivity index (χ2n) is 3.60. The third-order valence-corrected chi connectivity index (χ3v) is 1.93. The van der Waals surface area contributed by atoms with E-state index in [9.17, 15) is 14.4 Å². The fraction of sp³-hybridized carbons (Fsp3) is 0.364. The third-order valence-electron chi connectivity index (χ3n) is 1.93. The van der Waals surface area contributed by atoms with Crippen LogP contribution in [0.3, 0.4) is 0 Å². The zero-order chi connectivity index (χ0) is 14.1. The van der Waals surface area contributed by atoms with E-state index in [1.54, 1.807) is 6.08 Å². The first kappa shape index (κ1) is 15.7. The molecule has 0 bridgehead atoms. The number of amides is 1. The number of carbonyl (C=O) groups is 3. The molecule has 0 aromatic rings. The smallest absolute Gasteiger partial charge is 0.303 e. The van der Waals surface area contributed by atoms with Crippen LogP contribution in [-0.4, -0.2) is 46.6 Å². The normalized spacial score (nSPS) is 13.2. The molecule has 0 saturated carbocycles. The molecule has 1 heterocycles. The lowest BCUT2D eigenvalue weighted by atomic mass is 10.2. The summed E-state index contributed by atoms with van der Waals surface area (Å²) in [7, 11) is 1.90. The number of carbonyl (C=O) groups excluding carboxylic acids is 1. The number of aliphatic carboxylic acids is 2. The van der Waals surface area contributed by atoms with E-state index >= 15 is 0 Å². The van der Waals surface area contributed by atoms with E-state index in [0.717, 1.165) is 0 Å². The molecular weight excluding hydrogens is 240 g/mol. The Labute approximate surface area is 104 Å². The zero-order valence-corrected chi connectivity index (χ0v) is 10.00. The second kappa shape index (κ2) is 7.88. The monoisotopic (exact) mass is 256 g/mol. The highest BCUT2D eigenvalue weighted by Gasteiger charge is 2.07. The number of hydrogen-bond acceptors (Lipinski definition) is 4. The summed E-state index contributed by atoms with van der Waals surface area (Å²) in [6.07, 6.45) is 4.85. The first-order valence-electron chi connectivity index (χ1n) is 5.14. The zero-order valence-electron chi connectivity index (χ0n) is 10.00. The molecule has 18 heavy (non-hydrogen) atoms. The summed E-state index contributed by atoms with van der Waals surface area (Å²) < 4.78 is 0. The van der Waals surface area contributed by atoms with Crippen LogP contribution in [0.15, 0.2) is 23.9 Å². The van der Waals surface area contributed by atoms with Gasteiger partial charge in [-0.25, -0.2) is 0 Å². The highest BCUT2D eigenvalue weighted by atomic mass is 16.4. The Morgan fingerprint density at radius 3 is 2.06 bits per heavy atom. The van der Waals surface area contributed by atoms with Crippen LogP contribution < -0.4 is 5.73 Å². The fourth-order valence-corrected chi connectivity index (χ4v) is 1.05. The number of likely N-dealkylation sites (N-methyl/N-ethyl adjacent to an activating group) is 1. The summed E-state index contributed by atoms with van der Waals surface area (Å²) in [4.78, 5) is 31.8. The third kappa shape index (κ3) is 7.91. The summed E-state index contributed by atoms with van der Waals surface area (Å²) >= 11 is 0. The van der Waals surface area contributed by atoms with E-state index in [2.05, 4.69) is 0 Å². The van der Waals surface area contributed by atoms with Crippen molar-refractivity contribution in [1.82, 2.24) is 4.90 Å². The van der Waals surface area contributed by atoms with E-state index < -0.39 is 11.9 Å². The molecule has 0 fully saturated rings. The summed E-state index contributed by atoms with van der Waals surface area (Å²) in [6.45, 7) is 0.617. The first-order chi connectivity index (χ1) is 8.32. The maximum atomic E-state index is 10.6. The molecule has 0 aromatic heterocycles. The van der Waals surface area contributed by atoms with Crippen LogP contribution in [0.5, 0.6) is 0 Å². The van der Waals surface area contributed by atoms with Crippen LogP contribution in [0.4, 0.5) is 0 Å². The Balaban J connectivity index is 0.000000331. The molecule has 0 spiro atoms. The van der Waals surface area contributed by atoms with Gasteiger partial charge in [0.1, 0.15) is 0 Å². The van der Waals surface area contributed by atoms with Crippen molar-refractivity contribution in [3.05, 3.63) is 23.9 Å². The molecule has 7 heteroatoms. The summed E-state index contributed by atoms with van der Waals surface area (Å²) in [5.74, 6) is -2.49. The topological polar surface area (TPSA) is 121 Å². The number of carboxylic acids is 2. The molecular formula is C11H16N2O5. The lowest BCUT2D eigenvalue weighted by Gasteiger charge is -2.17. The van der Waals surface area contributed by atoms with Crippen molar-refractivity contribution in [1.29, 1.82) is 0 Å². The Kier molecular flexibility index (Phi) is 6.87. The van der Waals surface area contributed by atoms with Crippen molar-refractivity contribution in [3.8, 4) is 0 Å². The summed E-state index contributed by atoms with van der Waals surface area (Å²) in [5.41, 5.74) is 5.72. The van der Waals surface area contributed by atoms with Gasteiger partial charge in [0.2, 0.25) is 5.91 Å². The van der Waals surface area contributed by atoms with Gasteiger partial charge in [-0.2, -0.15) is 0 Å². The van der Waals surface area contributed by atoms with Crippen molar-refractivity contribution < 1.29 is 24.6 Å². The molecule has 7 nitrogen and oxygen atoms in total. The van der Waals surface area contributed by atoms with Gasteiger partial charge in [0.25, 0.3) is 0 Å². The van der Waals surface area contributed by atoms with Crippen LogP contribution in [0, 0.1) is 0 Å². The average Bonchev–Trinajstić information content (AvgIpc) is 2.27. The highest BCUT2D eigenvalue weighted by Crippen LogP contribution is 2.03. The van der Waals surface area contributed by atoms with E-state index in [1.807, 2.05) is 24.2 Å². The SMILES string of the molecule is CN1C=CC=C(C(N)=O)C1.O=C(O)CCC(=O)O. The van der Waals surface area contributed by atoms with Crippen LogP contribution in [0.2, 0.25) is 0 Å². The minimum absolute atomic E-state index is 0.296. The molecule has 0 unspecified atom stereocenters. The fourth-order valence-electron chi connectivity index (χ4n) is 1.05. The average molecular weight is 256 g/mol. The molecule has 1 rings (SSSR count). The Bertz CT molecular complexity index is 373. The van der Waals surface area contributed by atoms with Crippen molar-refractivity contribution in [2.45, 2.75) is 12.8 Å². The summed E-state index contributed by atoms with van der Waals surface area (Å²) in [5, 5.41) is 15.8. The minimum Gasteiger partial charge on any atom is -0.481 e. The molecule has 100 valence electrons. The standard InChI is InChI=1S/C7H10N2O.C4H6O4/c1-9-4-2-3-6(5-9)7(8)10;5-3(6)1-2-4(7)8/h2-4H,5H2,1H3,(H2,8,10);1-2H2,(H,5,6)(H,7,8). The van der Waals surface area contributed by atoms with Gasteiger partial charge >= 0.3 is 11.9 Å². The van der Waals surface area contributed by atoms with Crippen molar-refractivity contribution in [2.24, 2.45) is 5.73 Å². The Morgan fingerprint density at radius 2 is 1.78 bits per heavy atom. The lowest BCUT2D eigenvalue weighted by Crippen LogP contribution is -2.25. The van der Waals surface area contributed by atoms with Crippen molar-refractivity contribution >= 4 is 17.8 Å². The molecule has 0 saturated heterocycles. The molecule has 0 radical (unpaired) electrons. The van der Waals surface area contributed by atoms with Crippen molar-refractivity contribution in [2.75, 3.05) is 13.6 Å². The van der Waals surface area contributed by atoms with Gasteiger partial charge in [-0.15, -0.1) is 0 Å². The van der Waals surface area contributed by atoms with Gasteiger partial charge < -0.3 is 20.8 Å². The van der Waals surface area contributed by atoms with Gasteiger partial charge in [-0.3, -0.25) is 14.4 Å². The minimum atomic E-state index is -1.08. The number of hydrogen-bond donors (Lipinski definition) is 3. The highest BCUT2D eigenvalue weighted by molar-refractivity contribution is 5.92. The molecule has 0 aromatic carbocycles. The van der Waals surface area contributed by atoms with Gasteiger partial charge in [0.05, 0.1) is 12.8 Å². The van der Waals surface area contributed by atoms with E-state index in [-0.39, 0.29) is 18.7 Å². The Hall–Kier alpha value is -2.31. The number of carboxylic acid groups (broad SMARTS) is 2. The molecule has 1 aliphatic heterocycles. The Morgan fingerprint density at radius 1 is 1.28 bits per heavy atom. The molecule has 4 N–H and O–H groups in total. The van der Waals surface area contributed by atoms with Gasteiger partial charge in [0, 0.05) is 19.2 Å². The van der Waals surface area contributed by atoms with E-state index in [4.69, 9.17) is 15.9 Å². The molecule has 0 aliphatic carbocycles. The number of nitrogens with two attached hydrogens (primary N) is 1. The molecule has 0 atom stereocenters. The van der Waals surface area contributed by atoms with Gasteiger partial charge in [-0.05, 0) is 12.3 Å². The molecule has 1 amide bonds. The summed E-state index contributed by atoms with van der Waals surface area (Å²) in [6, 6.07) is 0. The van der Waals surface area contributed by atoms with Crippen molar-refractivity contribution in [3.63, 3.8) is 0 Å². The first-order valence-corrected chi connectivity index (χ1v) is 5.14. The van der Waals surface area contributed by atoms with Crippen LogP contribution in [-0.2, 0) is 14.4 Å². The van der Waals surface area contributed by atoms with Gasteiger partial charge in [0.15, 0.2) is 0 Å². The number of rotatable bonds is 4. The predicted molar refractivity (Wildman–Crippen MR) is 63.6 cm³/mol. The van der Waals surface area contributed by atoms with E-state index in [0.29, 0.717) is 12.1 Å². The van der Waals surface area contributed by atoms with E-state index in [1.165, 1.54) is 0 Å². The number of allylic oxidation sites excluding steroid dienone is 2. The maximum absolute atomic E-state index is 10.6. The largest absolute Gasteiger partial charge is 0.481 e. The molecule has 1 aliphatic rings. The predicted octanol–water partition coefficient (Wildman–Crippen LogP) is -0.207. The van der Waals surface area contributed by atoms with Gasteiger partial charge in [-0.1, -0.05) is 6.08 Å². The number of primary amides is 1. The lowest BCUT2D eigenvalue weighted by molar-refractivity contribution is -0.143. The number of nitrogens with zero attached hydrogens (tertiary/aromatic N) is 1.